The molecule has 1 saturated heterocycles. The number of likely N-dealkylation sites (tertiary alicyclic amines) is 1. The van der Waals surface area contributed by atoms with Gasteiger partial charge in [0.1, 0.15) is 5.82 Å². The first-order chi connectivity index (χ1) is 13.6. The number of amides is 1. The van der Waals surface area contributed by atoms with Crippen LogP contribution in [0.15, 0.2) is 30.3 Å². The van der Waals surface area contributed by atoms with Crippen LogP contribution in [0, 0.1) is 6.92 Å². The average molecular weight is 379 g/mol. The maximum Gasteiger partial charge on any atom is 0.223 e. The van der Waals surface area contributed by atoms with Gasteiger partial charge in [-0.05, 0) is 51.0 Å². The highest BCUT2D eigenvalue weighted by atomic mass is 16.2. The number of aromatic nitrogens is 2. The maximum atomic E-state index is 13.1. The van der Waals surface area contributed by atoms with E-state index in [1.807, 2.05) is 23.1 Å². The van der Waals surface area contributed by atoms with Crippen LogP contribution in [0.1, 0.15) is 60.8 Å². The molecule has 0 N–H and O–H groups in total. The normalized spacial score (nSPS) is 19.4. The van der Waals surface area contributed by atoms with Crippen molar-refractivity contribution < 1.29 is 4.79 Å². The van der Waals surface area contributed by atoms with Gasteiger partial charge in [0, 0.05) is 37.8 Å². The van der Waals surface area contributed by atoms with Crippen LogP contribution >= 0.6 is 0 Å². The summed E-state index contributed by atoms with van der Waals surface area (Å²) in [5, 5.41) is 0. The largest absolute Gasteiger partial charge is 0.359 e. The van der Waals surface area contributed by atoms with Crippen molar-refractivity contribution in [2.24, 2.45) is 0 Å². The number of fused-ring (bicyclic) bond motifs is 1. The fourth-order valence-electron chi connectivity index (χ4n) is 4.50. The van der Waals surface area contributed by atoms with Gasteiger partial charge in [-0.3, -0.25) is 4.79 Å². The second-order valence-corrected chi connectivity index (χ2v) is 8.08. The van der Waals surface area contributed by atoms with Crippen molar-refractivity contribution in [1.29, 1.82) is 0 Å². The Morgan fingerprint density at radius 3 is 2.75 bits per heavy atom. The quantitative estimate of drug-likeness (QED) is 0.811. The molecule has 3 heterocycles. The van der Waals surface area contributed by atoms with Gasteiger partial charge in [0.25, 0.3) is 0 Å². The molecule has 1 amide bonds. The van der Waals surface area contributed by atoms with Gasteiger partial charge >= 0.3 is 0 Å². The lowest BCUT2D eigenvalue weighted by molar-refractivity contribution is -0.135. The highest BCUT2D eigenvalue weighted by Crippen LogP contribution is 2.33. The number of rotatable bonds is 4. The predicted molar refractivity (Wildman–Crippen MR) is 111 cm³/mol. The summed E-state index contributed by atoms with van der Waals surface area (Å²) in [6.45, 7) is 3.94. The fraction of sp³-hybridized carbons (Fsp3) is 0.522. The molecule has 1 fully saturated rings. The third kappa shape index (κ3) is 3.89. The van der Waals surface area contributed by atoms with Crippen molar-refractivity contribution in [3.8, 4) is 0 Å². The zero-order valence-electron chi connectivity index (χ0n) is 17.0. The van der Waals surface area contributed by atoms with E-state index in [4.69, 9.17) is 9.97 Å². The first-order valence-electron chi connectivity index (χ1n) is 10.6. The van der Waals surface area contributed by atoms with Gasteiger partial charge in [0.2, 0.25) is 5.91 Å². The van der Waals surface area contributed by atoms with E-state index in [-0.39, 0.29) is 11.9 Å². The minimum Gasteiger partial charge on any atom is -0.359 e. The lowest BCUT2D eigenvalue weighted by Gasteiger charge is -2.36. The van der Waals surface area contributed by atoms with Crippen LogP contribution in [0.4, 0.5) is 5.82 Å². The lowest BCUT2D eigenvalue weighted by atomic mass is 9.98. The molecule has 0 unspecified atom stereocenters. The smallest absolute Gasteiger partial charge is 0.223 e. The summed E-state index contributed by atoms with van der Waals surface area (Å²) in [6.07, 6.45) is 6.69. The van der Waals surface area contributed by atoms with Gasteiger partial charge in [0.05, 0.1) is 6.04 Å². The van der Waals surface area contributed by atoms with Crippen molar-refractivity contribution in [2.45, 2.75) is 57.9 Å². The highest BCUT2D eigenvalue weighted by molar-refractivity contribution is 5.77. The number of hydrogen-bond acceptors (Lipinski definition) is 4. The highest BCUT2D eigenvalue weighted by Gasteiger charge is 2.31. The van der Waals surface area contributed by atoms with Crippen molar-refractivity contribution in [2.75, 3.05) is 25.0 Å². The first-order valence-corrected chi connectivity index (χ1v) is 10.6. The van der Waals surface area contributed by atoms with Gasteiger partial charge in [-0.25, -0.2) is 9.97 Å². The van der Waals surface area contributed by atoms with Gasteiger partial charge < -0.3 is 9.80 Å². The van der Waals surface area contributed by atoms with Gasteiger partial charge in [-0.15, -0.1) is 0 Å². The summed E-state index contributed by atoms with van der Waals surface area (Å²) in [4.78, 5) is 27.1. The molecule has 0 bridgehead atoms. The summed E-state index contributed by atoms with van der Waals surface area (Å²) in [7, 11) is 2.11. The zero-order chi connectivity index (χ0) is 19.5. The van der Waals surface area contributed by atoms with Crippen molar-refractivity contribution in [3.63, 3.8) is 0 Å². The molecule has 28 heavy (non-hydrogen) atoms. The Hall–Kier alpha value is -2.43. The molecule has 0 spiro atoms. The molecule has 148 valence electrons. The van der Waals surface area contributed by atoms with E-state index in [2.05, 4.69) is 31.0 Å². The van der Waals surface area contributed by atoms with E-state index in [0.29, 0.717) is 6.42 Å². The molecule has 5 heteroatoms. The molecule has 0 saturated carbocycles. The molecule has 1 atom stereocenters. The summed E-state index contributed by atoms with van der Waals surface area (Å²) < 4.78 is 0. The number of carbonyl (C=O) groups excluding carboxylic acids is 1. The van der Waals surface area contributed by atoms with Crippen LogP contribution < -0.4 is 4.90 Å². The molecule has 4 rings (SSSR count). The lowest BCUT2D eigenvalue weighted by Crippen LogP contribution is -2.40. The Labute approximate surface area is 167 Å². The number of benzene rings is 1. The molecule has 2 aliphatic rings. The van der Waals surface area contributed by atoms with Crippen LogP contribution in [0.5, 0.6) is 0 Å². The van der Waals surface area contributed by atoms with Gasteiger partial charge in [-0.2, -0.15) is 0 Å². The molecule has 2 aromatic rings. The average Bonchev–Trinajstić information content (AvgIpc) is 2.73. The van der Waals surface area contributed by atoms with Gasteiger partial charge in [-0.1, -0.05) is 30.3 Å². The van der Waals surface area contributed by atoms with E-state index < -0.39 is 0 Å². The molecule has 2 aliphatic heterocycles. The summed E-state index contributed by atoms with van der Waals surface area (Å²) >= 11 is 0. The Morgan fingerprint density at radius 1 is 1.11 bits per heavy atom. The van der Waals surface area contributed by atoms with Crippen molar-refractivity contribution in [1.82, 2.24) is 14.9 Å². The number of carbonyl (C=O) groups is 1. The number of hydrogen-bond donors (Lipinski definition) is 0. The minimum atomic E-state index is 0.0105. The SMILES string of the molecule is Cc1nc([C@@H]2CCCCN2C(=O)CCc2ccccc2)nc2c1CCCN2C. The third-order valence-corrected chi connectivity index (χ3v) is 6.08. The monoisotopic (exact) mass is 378 g/mol. The zero-order valence-corrected chi connectivity index (χ0v) is 17.0. The molecule has 1 aromatic carbocycles. The molecular weight excluding hydrogens is 348 g/mol. The van der Waals surface area contributed by atoms with E-state index in [9.17, 15) is 4.79 Å². The van der Waals surface area contributed by atoms with Crippen LogP contribution in [-0.2, 0) is 17.6 Å². The molecule has 0 aliphatic carbocycles. The number of anilines is 1. The molecule has 1 aromatic heterocycles. The van der Waals surface area contributed by atoms with E-state index in [1.165, 1.54) is 11.1 Å². The summed E-state index contributed by atoms with van der Waals surface area (Å²) in [5.74, 6) is 2.12. The number of piperidine rings is 1. The van der Waals surface area contributed by atoms with Crippen molar-refractivity contribution >= 4 is 11.7 Å². The second-order valence-electron chi connectivity index (χ2n) is 8.08. The molecular formula is C23H30N4O. The topological polar surface area (TPSA) is 49.3 Å². The number of aryl methyl sites for hydroxylation is 2. The predicted octanol–water partition coefficient (Wildman–Crippen LogP) is 3.85. The Balaban J connectivity index is 1.54. The van der Waals surface area contributed by atoms with E-state index in [1.54, 1.807) is 0 Å². The maximum absolute atomic E-state index is 13.1. The Morgan fingerprint density at radius 2 is 1.93 bits per heavy atom. The van der Waals surface area contributed by atoms with Crippen LogP contribution in [0.3, 0.4) is 0 Å². The fourth-order valence-corrected chi connectivity index (χ4v) is 4.50. The van der Waals surface area contributed by atoms with Crippen LogP contribution in [0.2, 0.25) is 0 Å². The first kappa shape index (κ1) is 18.9. The van der Waals surface area contributed by atoms with E-state index >= 15 is 0 Å². The Kier molecular flexibility index (Phi) is 5.60. The van der Waals surface area contributed by atoms with Crippen LogP contribution in [-0.4, -0.2) is 40.9 Å². The van der Waals surface area contributed by atoms with Gasteiger partial charge in [0.15, 0.2) is 5.82 Å². The molecule has 5 nitrogen and oxygen atoms in total. The Bertz CT molecular complexity index is 836. The standard InChI is InChI=1S/C23H30N4O/c1-17-19-11-8-15-26(2)23(19)25-22(24-17)20-12-6-7-16-27(20)21(28)14-13-18-9-4-3-5-10-18/h3-5,9-10,20H,6-8,11-16H2,1-2H3/t20-/m0/s1. The minimum absolute atomic E-state index is 0.0105. The number of nitrogens with zero attached hydrogens (tertiary/aromatic N) is 4. The summed E-state index contributed by atoms with van der Waals surface area (Å²) in [5.41, 5.74) is 3.57. The molecule has 0 radical (unpaired) electrons. The third-order valence-electron chi connectivity index (χ3n) is 6.08. The van der Waals surface area contributed by atoms with Crippen LogP contribution in [0.25, 0.3) is 0 Å². The summed E-state index contributed by atoms with van der Waals surface area (Å²) in [6, 6.07) is 10.3. The van der Waals surface area contributed by atoms with E-state index in [0.717, 1.165) is 69.0 Å². The van der Waals surface area contributed by atoms with Crippen molar-refractivity contribution in [3.05, 3.63) is 53.0 Å². The second kappa shape index (κ2) is 8.29.